The normalized spacial score (nSPS) is 15.4. The highest BCUT2D eigenvalue weighted by molar-refractivity contribution is 5.90. The lowest BCUT2D eigenvalue weighted by Crippen LogP contribution is -2.29. The molecule has 4 rings (SSSR count). The third kappa shape index (κ3) is 3.88. The van der Waals surface area contributed by atoms with Crippen molar-refractivity contribution in [2.75, 3.05) is 13.7 Å². The minimum absolute atomic E-state index is 0.275. The Labute approximate surface area is 189 Å². The largest absolute Gasteiger partial charge is 0.466 e. The van der Waals surface area contributed by atoms with E-state index in [1.54, 1.807) is 6.92 Å². The summed E-state index contributed by atoms with van der Waals surface area (Å²) in [6.07, 6.45) is -1.66. The fraction of sp³-hybridized carbons (Fsp3) is 0.250. The molecule has 0 saturated carbocycles. The maximum absolute atomic E-state index is 12.7. The fourth-order valence-electron chi connectivity index (χ4n) is 4.73. The lowest BCUT2D eigenvalue weighted by Gasteiger charge is -2.30. The number of benzene rings is 3. The molecule has 2 unspecified atom stereocenters. The second kappa shape index (κ2) is 9.51. The summed E-state index contributed by atoms with van der Waals surface area (Å²) in [4.78, 5) is 12.7. The van der Waals surface area contributed by atoms with E-state index >= 15 is 0 Å². The van der Waals surface area contributed by atoms with Gasteiger partial charge in [-0.15, -0.1) is 0 Å². The molecule has 3 aromatic rings. The van der Waals surface area contributed by atoms with Gasteiger partial charge in [-0.3, -0.25) is 0 Å². The molecule has 2 atom stereocenters. The van der Waals surface area contributed by atoms with Crippen LogP contribution >= 0.6 is 0 Å². The molecule has 0 heterocycles. The summed E-state index contributed by atoms with van der Waals surface area (Å²) in [6, 6.07) is 26.0. The Morgan fingerprint density at radius 3 is 1.97 bits per heavy atom. The molecule has 0 saturated heterocycles. The van der Waals surface area contributed by atoms with Crippen LogP contribution in [0.15, 0.2) is 90.0 Å². The fourth-order valence-corrected chi connectivity index (χ4v) is 4.73. The van der Waals surface area contributed by atoms with Crippen LogP contribution in [0.5, 0.6) is 0 Å². The first-order valence-corrected chi connectivity index (χ1v) is 10.9. The van der Waals surface area contributed by atoms with Crippen molar-refractivity contribution in [3.8, 4) is 11.1 Å². The van der Waals surface area contributed by atoms with Crippen LogP contribution in [-0.4, -0.2) is 30.9 Å². The zero-order chi connectivity index (χ0) is 22.7. The summed E-state index contributed by atoms with van der Waals surface area (Å²) in [5.41, 5.74) is 6.22. The van der Waals surface area contributed by atoms with Gasteiger partial charge in [-0.1, -0.05) is 78.9 Å². The quantitative estimate of drug-likeness (QED) is 0.403. The zero-order valence-corrected chi connectivity index (χ0v) is 18.6. The molecule has 3 aromatic carbocycles. The molecule has 0 radical (unpaired) electrons. The highest BCUT2D eigenvalue weighted by Crippen LogP contribution is 2.50. The predicted octanol–water partition coefficient (Wildman–Crippen LogP) is 5.43. The van der Waals surface area contributed by atoms with Crippen molar-refractivity contribution in [1.82, 2.24) is 0 Å². The number of aliphatic hydroxyl groups is 1. The van der Waals surface area contributed by atoms with Crippen LogP contribution < -0.4 is 0 Å². The molecule has 4 nitrogen and oxygen atoms in total. The molecule has 32 heavy (non-hydrogen) atoms. The SMILES string of the molecule is CCOC(c1ccccc1)C(O)C(=C(C)C(=O)OC)C1c2ccccc2-c2ccccc21. The van der Waals surface area contributed by atoms with Crippen molar-refractivity contribution in [2.24, 2.45) is 0 Å². The Morgan fingerprint density at radius 2 is 1.44 bits per heavy atom. The van der Waals surface area contributed by atoms with E-state index in [0.29, 0.717) is 17.8 Å². The standard InChI is InChI=1S/C28H28O4/c1-4-32-27(19-12-6-5-7-13-19)26(29)24(18(2)28(30)31-3)25-22-16-10-8-14-20(22)21-15-9-11-17-23(21)25/h5-17,25-27,29H,4H2,1-3H3. The summed E-state index contributed by atoms with van der Waals surface area (Å²) < 4.78 is 11.1. The molecule has 0 fully saturated rings. The van der Waals surface area contributed by atoms with E-state index in [4.69, 9.17) is 9.47 Å². The van der Waals surface area contributed by atoms with Gasteiger partial charge in [0.2, 0.25) is 0 Å². The van der Waals surface area contributed by atoms with Crippen LogP contribution in [0.3, 0.4) is 0 Å². The molecule has 4 heteroatoms. The van der Waals surface area contributed by atoms with Crippen molar-refractivity contribution >= 4 is 5.97 Å². The van der Waals surface area contributed by atoms with Gasteiger partial charge in [0.05, 0.1) is 7.11 Å². The van der Waals surface area contributed by atoms with Crippen LogP contribution in [0.25, 0.3) is 11.1 Å². The maximum Gasteiger partial charge on any atom is 0.333 e. The van der Waals surface area contributed by atoms with Gasteiger partial charge < -0.3 is 14.6 Å². The summed E-state index contributed by atoms with van der Waals surface area (Å²) in [5.74, 6) is -0.729. The monoisotopic (exact) mass is 428 g/mol. The van der Waals surface area contributed by atoms with E-state index in [1.165, 1.54) is 7.11 Å². The number of carbonyl (C=O) groups is 1. The molecular formula is C28H28O4. The van der Waals surface area contributed by atoms with E-state index in [-0.39, 0.29) is 5.92 Å². The van der Waals surface area contributed by atoms with E-state index in [0.717, 1.165) is 27.8 Å². The average Bonchev–Trinajstić information content (AvgIpc) is 3.17. The Hall–Kier alpha value is -3.21. The van der Waals surface area contributed by atoms with Crippen LogP contribution in [0.1, 0.15) is 42.6 Å². The Balaban J connectivity index is 1.92. The molecular weight excluding hydrogens is 400 g/mol. The van der Waals surface area contributed by atoms with Crippen molar-refractivity contribution in [3.05, 3.63) is 107 Å². The number of ether oxygens (including phenoxy) is 2. The van der Waals surface area contributed by atoms with Gasteiger partial charge in [0, 0.05) is 18.1 Å². The molecule has 1 aliphatic carbocycles. The number of esters is 1. The predicted molar refractivity (Wildman–Crippen MR) is 125 cm³/mol. The third-order valence-corrected chi connectivity index (χ3v) is 6.15. The first-order valence-electron chi connectivity index (χ1n) is 10.9. The molecule has 0 aliphatic heterocycles. The number of hydrogen-bond donors (Lipinski definition) is 1. The number of aliphatic hydroxyl groups excluding tert-OH is 1. The van der Waals surface area contributed by atoms with Crippen LogP contribution in [0.2, 0.25) is 0 Å². The maximum atomic E-state index is 12.7. The minimum Gasteiger partial charge on any atom is -0.466 e. The van der Waals surface area contributed by atoms with E-state index < -0.39 is 18.2 Å². The number of fused-ring (bicyclic) bond motifs is 3. The van der Waals surface area contributed by atoms with Gasteiger partial charge in [-0.05, 0) is 47.2 Å². The van der Waals surface area contributed by atoms with E-state index in [2.05, 4.69) is 24.3 Å². The Morgan fingerprint density at radius 1 is 0.906 bits per heavy atom. The molecule has 1 aliphatic rings. The van der Waals surface area contributed by atoms with E-state index in [1.807, 2.05) is 61.5 Å². The van der Waals surface area contributed by atoms with Gasteiger partial charge in [0.1, 0.15) is 12.2 Å². The number of methoxy groups -OCH3 is 1. The molecule has 0 amide bonds. The van der Waals surface area contributed by atoms with Gasteiger partial charge in [0.25, 0.3) is 0 Å². The lowest BCUT2D eigenvalue weighted by atomic mass is 9.80. The Bertz CT molecular complexity index is 1090. The highest BCUT2D eigenvalue weighted by atomic mass is 16.5. The summed E-state index contributed by atoms with van der Waals surface area (Å²) in [5, 5.41) is 11.8. The highest BCUT2D eigenvalue weighted by Gasteiger charge is 2.39. The molecule has 0 bridgehead atoms. The summed E-state index contributed by atoms with van der Waals surface area (Å²) in [7, 11) is 1.36. The first-order chi connectivity index (χ1) is 15.6. The molecule has 1 N–H and O–H groups in total. The van der Waals surface area contributed by atoms with Crippen molar-refractivity contribution in [3.63, 3.8) is 0 Å². The Kier molecular flexibility index (Phi) is 6.54. The number of carbonyl (C=O) groups excluding carboxylic acids is 1. The minimum atomic E-state index is -1.04. The van der Waals surface area contributed by atoms with Crippen molar-refractivity contribution < 1.29 is 19.4 Å². The van der Waals surface area contributed by atoms with Gasteiger partial charge >= 0.3 is 5.97 Å². The molecule has 0 aromatic heterocycles. The first kappa shape index (κ1) is 22.0. The smallest absolute Gasteiger partial charge is 0.333 e. The second-order valence-electron chi connectivity index (χ2n) is 7.91. The van der Waals surface area contributed by atoms with E-state index in [9.17, 15) is 9.90 Å². The lowest BCUT2D eigenvalue weighted by molar-refractivity contribution is -0.136. The number of hydrogen-bond acceptors (Lipinski definition) is 4. The van der Waals surface area contributed by atoms with Crippen LogP contribution in [0.4, 0.5) is 0 Å². The average molecular weight is 429 g/mol. The summed E-state index contributed by atoms with van der Waals surface area (Å²) >= 11 is 0. The summed E-state index contributed by atoms with van der Waals surface area (Å²) in [6.45, 7) is 4.06. The van der Waals surface area contributed by atoms with Gasteiger partial charge in [-0.2, -0.15) is 0 Å². The van der Waals surface area contributed by atoms with Crippen LogP contribution in [-0.2, 0) is 14.3 Å². The van der Waals surface area contributed by atoms with Crippen molar-refractivity contribution in [2.45, 2.75) is 32.0 Å². The van der Waals surface area contributed by atoms with Crippen LogP contribution in [0, 0.1) is 0 Å². The molecule has 164 valence electrons. The molecule has 0 spiro atoms. The third-order valence-electron chi connectivity index (χ3n) is 6.15. The second-order valence-corrected chi connectivity index (χ2v) is 7.91. The zero-order valence-electron chi connectivity index (χ0n) is 18.6. The van der Waals surface area contributed by atoms with Gasteiger partial charge in [-0.25, -0.2) is 4.79 Å². The topological polar surface area (TPSA) is 55.8 Å². The number of rotatable bonds is 7. The van der Waals surface area contributed by atoms with Crippen molar-refractivity contribution in [1.29, 1.82) is 0 Å². The van der Waals surface area contributed by atoms with Gasteiger partial charge in [0.15, 0.2) is 0 Å².